The fourth-order valence-electron chi connectivity index (χ4n) is 3.55. The molecular weight excluding hydrogens is 450 g/mol. The number of aryl methyl sites for hydroxylation is 3. The van der Waals surface area contributed by atoms with Crippen molar-refractivity contribution in [3.05, 3.63) is 86.3 Å². The topological polar surface area (TPSA) is 26.0 Å². The van der Waals surface area contributed by atoms with Gasteiger partial charge in [0.1, 0.15) is 0 Å². The second kappa shape index (κ2) is 7.05. The van der Waals surface area contributed by atoms with Crippen molar-refractivity contribution in [1.29, 1.82) is 0 Å². The van der Waals surface area contributed by atoms with Gasteiger partial charge in [0.15, 0.2) is 0 Å². The second-order valence-corrected chi connectivity index (χ2v) is 8.49. The molecule has 0 bridgehead atoms. The van der Waals surface area contributed by atoms with E-state index < -0.39 is 0 Å². The molecule has 4 rings (SSSR count). The first-order valence-corrected chi connectivity index (χ1v) is 10.3. The Morgan fingerprint density at radius 2 is 1.50 bits per heavy atom. The Balaban J connectivity index is 1.66. The summed E-state index contributed by atoms with van der Waals surface area (Å²) >= 11 is 7.40. The first-order chi connectivity index (χ1) is 12.5. The Labute approximate surface area is 170 Å². The van der Waals surface area contributed by atoms with Gasteiger partial charge in [-0.25, -0.2) is 0 Å². The fraction of sp³-hybridized carbons (Fsp3) is 0.130. The van der Waals surface area contributed by atoms with Gasteiger partial charge in [0.25, 0.3) is 0 Å². The van der Waals surface area contributed by atoms with Gasteiger partial charge in [-0.2, -0.15) is 0 Å². The van der Waals surface area contributed by atoms with Crippen LogP contribution in [0.2, 0.25) is 0 Å². The third kappa shape index (κ3) is 3.26. The van der Waals surface area contributed by atoms with Gasteiger partial charge in [0, 0.05) is 20.0 Å². The van der Waals surface area contributed by atoms with Crippen molar-refractivity contribution in [1.82, 2.24) is 0 Å². The highest BCUT2D eigenvalue weighted by Gasteiger charge is 2.09. The van der Waals surface area contributed by atoms with Gasteiger partial charge in [0.05, 0.1) is 0 Å². The Hall–Kier alpha value is -1.84. The van der Waals surface area contributed by atoms with E-state index in [4.69, 9.17) is 5.73 Å². The quantitative estimate of drug-likeness (QED) is 0.316. The van der Waals surface area contributed by atoms with E-state index >= 15 is 0 Å². The summed E-state index contributed by atoms with van der Waals surface area (Å²) in [5.74, 6) is 0. The SMILES string of the molecule is Cc1cc(Br)c2cc(CCc3cc(Br)c4ccccc4c3N)ccc2c1. The zero-order valence-electron chi connectivity index (χ0n) is 14.5. The van der Waals surface area contributed by atoms with Gasteiger partial charge in [0.2, 0.25) is 0 Å². The molecule has 130 valence electrons. The number of halogens is 2. The first kappa shape index (κ1) is 17.6. The molecule has 0 amide bonds. The third-order valence-corrected chi connectivity index (χ3v) is 6.23. The average Bonchev–Trinajstić information content (AvgIpc) is 2.64. The number of hydrogen-bond acceptors (Lipinski definition) is 1. The lowest BCUT2D eigenvalue weighted by molar-refractivity contribution is 0.966. The third-order valence-electron chi connectivity index (χ3n) is 4.92. The van der Waals surface area contributed by atoms with Crippen LogP contribution in [0.5, 0.6) is 0 Å². The predicted octanol–water partition coefficient (Wildman–Crippen LogP) is 7.19. The van der Waals surface area contributed by atoms with E-state index in [0.717, 1.165) is 32.9 Å². The lowest BCUT2D eigenvalue weighted by Gasteiger charge is -2.12. The summed E-state index contributed by atoms with van der Waals surface area (Å²) < 4.78 is 2.26. The van der Waals surface area contributed by atoms with Crippen LogP contribution in [0.15, 0.2) is 69.6 Å². The van der Waals surface area contributed by atoms with Gasteiger partial charge in [-0.05, 0) is 64.7 Å². The molecule has 0 saturated heterocycles. The molecule has 0 fully saturated rings. The molecule has 0 aromatic heterocycles. The second-order valence-electron chi connectivity index (χ2n) is 6.78. The molecule has 2 N–H and O–H groups in total. The highest BCUT2D eigenvalue weighted by Crippen LogP contribution is 2.33. The van der Waals surface area contributed by atoms with Crippen LogP contribution in [0.4, 0.5) is 5.69 Å². The van der Waals surface area contributed by atoms with Crippen molar-refractivity contribution in [2.24, 2.45) is 0 Å². The number of anilines is 1. The Morgan fingerprint density at radius 3 is 2.31 bits per heavy atom. The molecule has 0 heterocycles. The maximum atomic E-state index is 6.45. The zero-order chi connectivity index (χ0) is 18.3. The number of benzene rings is 4. The van der Waals surface area contributed by atoms with E-state index in [9.17, 15) is 0 Å². The first-order valence-electron chi connectivity index (χ1n) is 8.67. The summed E-state index contributed by atoms with van der Waals surface area (Å²) in [6.45, 7) is 2.12. The molecule has 0 aliphatic rings. The number of hydrogen-bond donors (Lipinski definition) is 1. The predicted molar refractivity (Wildman–Crippen MR) is 120 cm³/mol. The molecule has 0 unspecified atom stereocenters. The van der Waals surface area contributed by atoms with Crippen LogP contribution in [0, 0.1) is 6.92 Å². The maximum absolute atomic E-state index is 6.45. The standard InChI is InChI=1S/C23H19Br2N/c1-14-10-16-8-6-15(12-20(16)21(24)11-14)7-9-17-13-22(25)18-4-2-3-5-19(18)23(17)26/h2-6,8,10-13H,7,9,26H2,1H3. The van der Waals surface area contributed by atoms with E-state index in [2.05, 4.69) is 87.3 Å². The molecule has 4 aromatic carbocycles. The fourth-order valence-corrected chi connectivity index (χ4v) is 4.88. The summed E-state index contributed by atoms with van der Waals surface area (Å²) in [5, 5.41) is 4.82. The largest absolute Gasteiger partial charge is 0.398 e. The Kier molecular flexibility index (Phi) is 4.76. The Morgan fingerprint density at radius 1 is 0.769 bits per heavy atom. The minimum Gasteiger partial charge on any atom is -0.398 e. The molecule has 0 aliphatic heterocycles. The van der Waals surface area contributed by atoms with Crippen molar-refractivity contribution >= 4 is 59.1 Å². The van der Waals surface area contributed by atoms with Gasteiger partial charge in [-0.15, -0.1) is 0 Å². The average molecular weight is 469 g/mol. The van der Waals surface area contributed by atoms with Gasteiger partial charge >= 0.3 is 0 Å². The highest BCUT2D eigenvalue weighted by molar-refractivity contribution is 9.11. The van der Waals surface area contributed by atoms with Crippen LogP contribution in [0.3, 0.4) is 0 Å². The highest BCUT2D eigenvalue weighted by atomic mass is 79.9. The normalized spacial score (nSPS) is 11.3. The summed E-state index contributed by atoms with van der Waals surface area (Å²) in [5.41, 5.74) is 11.1. The minimum absolute atomic E-state index is 0.890. The molecule has 26 heavy (non-hydrogen) atoms. The molecule has 0 aliphatic carbocycles. The van der Waals surface area contributed by atoms with Crippen LogP contribution in [0.25, 0.3) is 21.5 Å². The van der Waals surface area contributed by atoms with Crippen LogP contribution >= 0.6 is 31.9 Å². The van der Waals surface area contributed by atoms with E-state index in [-0.39, 0.29) is 0 Å². The smallest absolute Gasteiger partial charge is 0.0427 e. The van der Waals surface area contributed by atoms with Crippen molar-refractivity contribution in [3.63, 3.8) is 0 Å². The molecule has 1 nitrogen and oxygen atoms in total. The monoisotopic (exact) mass is 467 g/mol. The van der Waals surface area contributed by atoms with Crippen molar-refractivity contribution < 1.29 is 0 Å². The van der Waals surface area contributed by atoms with Crippen molar-refractivity contribution in [3.8, 4) is 0 Å². The van der Waals surface area contributed by atoms with Gasteiger partial charge in [-0.3, -0.25) is 0 Å². The number of fused-ring (bicyclic) bond motifs is 2. The summed E-state index contributed by atoms with van der Waals surface area (Å²) in [6.07, 6.45) is 1.88. The number of nitrogen functional groups attached to an aromatic ring is 1. The van der Waals surface area contributed by atoms with Crippen LogP contribution in [0.1, 0.15) is 16.7 Å². The molecule has 3 heteroatoms. The minimum atomic E-state index is 0.890. The molecule has 0 atom stereocenters. The molecule has 0 saturated carbocycles. The lowest BCUT2D eigenvalue weighted by atomic mass is 9.97. The zero-order valence-corrected chi connectivity index (χ0v) is 17.7. The molecule has 4 aromatic rings. The summed E-state index contributed by atoms with van der Waals surface area (Å²) in [4.78, 5) is 0. The lowest BCUT2D eigenvalue weighted by Crippen LogP contribution is -1.99. The van der Waals surface area contributed by atoms with Crippen LogP contribution < -0.4 is 5.73 Å². The summed E-state index contributed by atoms with van der Waals surface area (Å²) in [7, 11) is 0. The summed E-state index contributed by atoms with van der Waals surface area (Å²) in [6, 6.07) is 21.5. The Bertz CT molecular complexity index is 1130. The van der Waals surface area contributed by atoms with E-state index in [1.807, 2.05) is 12.1 Å². The molecular formula is C23H19Br2N. The van der Waals surface area contributed by atoms with E-state index in [1.165, 1.54) is 32.8 Å². The molecule has 0 spiro atoms. The van der Waals surface area contributed by atoms with Crippen molar-refractivity contribution in [2.75, 3.05) is 5.73 Å². The van der Waals surface area contributed by atoms with Crippen LogP contribution in [-0.2, 0) is 12.8 Å². The van der Waals surface area contributed by atoms with Crippen molar-refractivity contribution in [2.45, 2.75) is 19.8 Å². The maximum Gasteiger partial charge on any atom is 0.0427 e. The number of nitrogens with two attached hydrogens (primary N) is 1. The molecule has 0 radical (unpaired) electrons. The van der Waals surface area contributed by atoms with E-state index in [1.54, 1.807) is 0 Å². The number of rotatable bonds is 3. The van der Waals surface area contributed by atoms with Gasteiger partial charge in [-0.1, -0.05) is 80.4 Å². The van der Waals surface area contributed by atoms with Gasteiger partial charge < -0.3 is 5.73 Å². The van der Waals surface area contributed by atoms with Crippen LogP contribution in [-0.4, -0.2) is 0 Å². The van der Waals surface area contributed by atoms with E-state index in [0.29, 0.717) is 0 Å².